The first kappa shape index (κ1) is 24.9. The quantitative estimate of drug-likeness (QED) is 0.216. The molecule has 12 heteroatoms. The highest BCUT2D eigenvalue weighted by Crippen LogP contribution is 2.44. The largest absolute Gasteiger partial charge is 0.395 e. The molecule has 4 aromatic rings. The van der Waals surface area contributed by atoms with E-state index in [-0.39, 0.29) is 23.7 Å². The molecule has 0 aliphatic heterocycles. The molecule has 3 heterocycles. The second-order valence-electron chi connectivity index (χ2n) is 7.22. The summed E-state index contributed by atoms with van der Waals surface area (Å²) in [5.41, 5.74) is 8.80. The van der Waals surface area contributed by atoms with Crippen molar-refractivity contribution in [3.8, 4) is 27.1 Å². The molecular formula is C23H18ClN7OS3. The molecule has 176 valence electrons. The zero-order chi connectivity index (χ0) is 24.9. The number of nitrogen functional groups attached to an aromatic ring is 1. The van der Waals surface area contributed by atoms with Crippen LogP contribution in [-0.4, -0.2) is 40.3 Å². The van der Waals surface area contributed by atoms with E-state index in [4.69, 9.17) is 23.9 Å². The number of hydrogen-bond donors (Lipinski definition) is 2. The molecule has 0 saturated heterocycles. The van der Waals surface area contributed by atoms with Crippen LogP contribution >= 0.6 is 46.0 Å². The van der Waals surface area contributed by atoms with Crippen LogP contribution in [0.3, 0.4) is 0 Å². The fourth-order valence-electron chi connectivity index (χ4n) is 3.18. The Labute approximate surface area is 219 Å². The normalized spacial score (nSPS) is 10.7. The van der Waals surface area contributed by atoms with Crippen molar-refractivity contribution in [3.05, 3.63) is 63.5 Å². The smallest absolute Gasteiger partial charge is 0.237 e. The molecular weight excluding hydrogens is 522 g/mol. The van der Waals surface area contributed by atoms with E-state index in [0.29, 0.717) is 37.9 Å². The van der Waals surface area contributed by atoms with Gasteiger partial charge in [0.05, 0.1) is 24.4 Å². The Kier molecular flexibility index (Phi) is 7.86. The Morgan fingerprint density at radius 1 is 1.31 bits per heavy atom. The van der Waals surface area contributed by atoms with Crippen molar-refractivity contribution in [2.24, 2.45) is 0 Å². The number of likely N-dealkylation sites (N-methyl/N-ethyl adjacent to an activating group) is 1. The maximum Gasteiger partial charge on any atom is 0.237 e. The van der Waals surface area contributed by atoms with Gasteiger partial charge in [-0.05, 0) is 12.1 Å². The summed E-state index contributed by atoms with van der Waals surface area (Å²) in [6.07, 6.45) is 1.62. The number of hydrogen-bond acceptors (Lipinski definition) is 10. The van der Waals surface area contributed by atoms with Gasteiger partial charge in [-0.3, -0.25) is 0 Å². The number of aliphatic hydroxyl groups excluding tert-OH is 1. The number of halogens is 1. The van der Waals surface area contributed by atoms with Crippen LogP contribution in [0.1, 0.15) is 11.3 Å². The molecule has 0 unspecified atom stereocenters. The number of nitrogens with zero attached hydrogens (tertiary/aromatic N) is 6. The number of thioether (sulfide) groups is 1. The lowest BCUT2D eigenvalue weighted by atomic mass is 10.1. The molecule has 0 bridgehead atoms. The van der Waals surface area contributed by atoms with Crippen molar-refractivity contribution in [2.45, 2.75) is 10.8 Å². The highest BCUT2D eigenvalue weighted by Gasteiger charge is 2.23. The number of pyridine rings is 1. The monoisotopic (exact) mass is 539 g/mol. The Hall–Kier alpha value is -3.19. The zero-order valence-electron chi connectivity index (χ0n) is 18.4. The van der Waals surface area contributed by atoms with Crippen molar-refractivity contribution >= 4 is 62.7 Å². The minimum absolute atomic E-state index is 0.0124. The SMILES string of the molecule is [C-]#[N+]c1c(N)nc(SCc2csc(-c3ccc(Cl)cc3)n2)c(C#N)c1-c1cnc(N(C)CCO)s1. The lowest BCUT2D eigenvalue weighted by Gasteiger charge is -2.13. The Morgan fingerprint density at radius 3 is 2.77 bits per heavy atom. The van der Waals surface area contributed by atoms with Gasteiger partial charge in [0.1, 0.15) is 21.9 Å². The van der Waals surface area contributed by atoms with Gasteiger partial charge in [-0.25, -0.2) is 19.8 Å². The third kappa shape index (κ3) is 5.40. The summed E-state index contributed by atoms with van der Waals surface area (Å²) in [7, 11) is 1.81. The van der Waals surface area contributed by atoms with Gasteiger partial charge in [0, 0.05) is 51.9 Å². The minimum atomic E-state index is -0.0124. The number of benzene rings is 1. The van der Waals surface area contributed by atoms with Gasteiger partial charge >= 0.3 is 0 Å². The third-order valence-corrected chi connectivity index (χ3v) is 8.22. The molecule has 0 spiro atoms. The fraction of sp³-hybridized carbons (Fsp3) is 0.174. The maximum atomic E-state index is 10.0. The Morgan fingerprint density at radius 2 is 2.09 bits per heavy atom. The van der Waals surface area contributed by atoms with Crippen LogP contribution < -0.4 is 10.6 Å². The van der Waals surface area contributed by atoms with E-state index in [1.165, 1.54) is 34.4 Å². The second-order valence-corrected chi connectivity index (χ2v) is 10.5. The molecule has 35 heavy (non-hydrogen) atoms. The van der Waals surface area contributed by atoms with E-state index in [0.717, 1.165) is 16.3 Å². The van der Waals surface area contributed by atoms with Crippen LogP contribution in [-0.2, 0) is 5.75 Å². The van der Waals surface area contributed by atoms with Crippen LogP contribution in [0.5, 0.6) is 0 Å². The summed E-state index contributed by atoms with van der Waals surface area (Å²) in [4.78, 5) is 19.4. The summed E-state index contributed by atoms with van der Waals surface area (Å²) < 4.78 is 0. The van der Waals surface area contributed by atoms with Crippen LogP contribution in [0, 0.1) is 17.9 Å². The molecule has 0 fully saturated rings. The van der Waals surface area contributed by atoms with Crippen molar-refractivity contribution < 1.29 is 5.11 Å². The molecule has 0 amide bonds. The van der Waals surface area contributed by atoms with Gasteiger partial charge < -0.3 is 15.7 Å². The van der Waals surface area contributed by atoms with E-state index in [2.05, 4.69) is 25.9 Å². The van der Waals surface area contributed by atoms with Gasteiger partial charge in [0.2, 0.25) is 5.69 Å². The maximum absolute atomic E-state index is 10.0. The molecule has 8 nitrogen and oxygen atoms in total. The van der Waals surface area contributed by atoms with E-state index in [1.807, 2.05) is 36.7 Å². The third-order valence-electron chi connectivity index (χ3n) is 4.89. The Bertz CT molecular complexity index is 1440. The number of aliphatic hydroxyl groups is 1. The van der Waals surface area contributed by atoms with E-state index >= 15 is 0 Å². The average Bonchev–Trinajstić information content (AvgIpc) is 3.53. The highest BCUT2D eigenvalue weighted by molar-refractivity contribution is 7.98. The first-order valence-electron chi connectivity index (χ1n) is 10.2. The van der Waals surface area contributed by atoms with E-state index < -0.39 is 0 Å². The average molecular weight is 540 g/mol. The van der Waals surface area contributed by atoms with Crippen molar-refractivity contribution in [3.63, 3.8) is 0 Å². The summed E-state index contributed by atoms with van der Waals surface area (Å²) in [6.45, 7) is 8.02. The summed E-state index contributed by atoms with van der Waals surface area (Å²) in [6, 6.07) is 9.71. The number of nitrogens with two attached hydrogens (primary N) is 1. The van der Waals surface area contributed by atoms with E-state index in [1.54, 1.807) is 11.1 Å². The molecule has 1 aromatic carbocycles. The van der Waals surface area contributed by atoms with Crippen molar-refractivity contribution in [1.82, 2.24) is 15.0 Å². The predicted molar refractivity (Wildman–Crippen MR) is 143 cm³/mol. The lowest BCUT2D eigenvalue weighted by molar-refractivity contribution is 0.304. The number of rotatable bonds is 8. The van der Waals surface area contributed by atoms with Crippen LogP contribution in [0.25, 0.3) is 25.9 Å². The van der Waals surface area contributed by atoms with Crippen LogP contribution in [0.2, 0.25) is 5.02 Å². The second kappa shape index (κ2) is 11.0. The minimum Gasteiger partial charge on any atom is -0.395 e. The van der Waals surface area contributed by atoms with Gasteiger partial charge in [0.25, 0.3) is 0 Å². The standard InChI is InChI=1S/C23H18ClN7OS3/c1-27-19-18(17-10-28-23(35-17)31(2)7-8-32)16(9-25)22(30-20(19)26)34-12-15-11-33-21(29-15)13-3-5-14(24)6-4-13/h3-6,10-11,32H,7-8,12H2,2H3,(H2,26,30). The first-order chi connectivity index (χ1) is 16.9. The molecule has 0 radical (unpaired) electrons. The van der Waals surface area contributed by atoms with Crippen molar-refractivity contribution in [2.75, 3.05) is 30.8 Å². The van der Waals surface area contributed by atoms with Gasteiger partial charge in [-0.15, -0.1) is 11.3 Å². The fourth-order valence-corrected chi connectivity index (χ4v) is 6.08. The van der Waals surface area contributed by atoms with Gasteiger partial charge in [-0.2, -0.15) is 5.26 Å². The van der Waals surface area contributed by atoms with Crippen LogP contribution in [0.4, 0.5) is 16.6 Å². The predicted octanol–water partition coefficient (Wildman–Crippen LogP) is 5.71. The number of anilines is 2. The molecule has 3 aromatic heterocycles. The summed E-state index contributed by atoms with van der Waals surface area (Å²) >= 11 is 10.2. The van der Waals surface area contributed by atoms with Gasteiger partial charge in [0.15, 0.2) is 5.13 Å². The summed E-state index contributed by atoms with van der Waals surface area (Å²) in [5.74, 6) is 0.546. The molecule has 0 saturated carbocycles. The Balaban J connectivity index is 1.64. The van der Waals surface area contributed by atoms with Gasteiger partial charge in [-0.1, -0.05) is 46.8 Å². The lowest BCUT2D eigenvalue weighted by Crippen LogP contribution is -2.20. The molecule has 0 aliphatic carbocycles. The highest BCUT2D eigenvalue weighted by atomic mass is 35.5. The topological polar surface area (TPSA) is 116 Å². The number of nitriles is 1. The van der Waals surface area contributed by atoms with Crippen LogP contribution in [0.15, 0.2) is 40.9 Å². The zero-order valence-corrected chi connectivity index (χ0v) is 21.6. The van der Waals surface area contributed by atoms with Crippen molar-refractivity contribution in [1.29, 1.82) is 5.26 Å². The summed E-state index contributed by atoms with van der Waals surface area (Å²) in [5, 5.41) is 23.8. The first-order valence-corrected chi connectivity index (χ1v) is 13.2. The molecule has 3 N–H and O–H groups in total. The number of aromatic nitrogens is 3. The van der Waals surface area contributed by atoms with E-state index in [9.17, 15) is 10.4 Å². The number of thiazole rings is 2. The molecule has 0 atom stereocenters. The molecule has 4 rings (SSSR count). The molecule has 0 aliphatic rings.